The third kappa shape index (κ3) is 1.69. The molecule has 2 unspecified atom stereocenters. The number of carbonyl (C=O) groups is 1. The minimum absolute atomic E-state index is 0.0981. The molecule has 0 aliphatic carbocycles. The summed E-state index contributed by atoms with van der Waals surface area (Å²) < 4.78 is 1.45. The summed E-state index contributed by atoms with van der Waals surface area (Å²) in [4.78, 5) is 26.1. The SMILES string of the molecule is Cn1cccc(C(=O)N2CC3CC2CS3)c1=O. The standard InChI is InChI=1S/C12H14N2O2S/c1-13-4-2-3-10(11(13)15)12(16)14-6-9-5-8(14)7-17-9/h2-4,8-9H,5-7H2,1H3. The molecule has 2 aliphatic heterocycles. The molecule has 2 fully saturated rings. The third-order valence-corrected chi connectivity index (χ3v) is 4.91. The van der Waals surface area contributed by atoms with Gasteiger partial charge < -0.3 is 9.47 Å². The quantitative estimate of drug-likeness (QED) is 0.737. The molecule has 2 bridgehead atoms. The lowest BCUT2D eigenvalue weighted by molar-refractivity contribution is 0.0745. The molecule has 5 heteroatoms. The van der Waals surface area contributed by atoms with E-state index in [0.29, 0.717) is 16.9 Å². The second kappa shape index (κ2) is 3.91. The Kier molecular flexibility index (Phi) is 2.50. The molecule has 17 heavy (non-hydrogen) atoms. The number of likely N-dealkylation sites (tertiary alicyclic amines) is 1. The largest absolute Gasteiger partial charge is 0.334 e. The summed E-state index contributed by atoms with van der Waals surface area (Å²) in [5.74, 6) is 0.919. The highest BCUT2D eigenvalue weighted by Crippen LogP contribution is 2.37. The number of aryl methyl sites for hydroxylation is 1. The fraction of sp³-hybridized carbons (Fsp3) is 0.500. The topological polar surface area (TPSA) is 42.3 Å². The molecule has 1 aromatic rings. The molecule has 2 atom stereocenters. The first-order chi connectivity index (χ1) is 8.16. The third-order valence-electron chi connectivity index (χ3n) is 3.51. The molecule has 0 N–H and O–H groups in total. The number of thioether (sulfide) groups is 1. The molecule has 4 nitrogen and oxygen atoms in total. The Labute approximate surface area is 104 Å². The minimum Gasteiger partial charge on any atom is -0.334 e. The molecule has 2 saturated heterocycles. The lowest BCUT2D eigenvalue weighted by atomic mass is 10.2. The van der Waals surface area contributed by atoms with Crippen molar-refractivity contribution in [1.29, 1.82) is 0 Å². The Morgan fingerprint density at radius 3 is 3.00 bits per heavy atom. The maximum atomic E-state index is 12.3. The number of rotatable bonds is 1. The van der Waals surface area contributed by atoms with Gasteiger partial charge in [-0.3, -0.25) is 9.59 Å². The number of amides is 1. The number of fused-ring (bicyclic) bond motifs is 2. The van der Waals surface area contributed by atoms with Crippen LogP contribution in [0.15, 0.2) is 23.1 Å². The Bertz CT molecular complexity index is 525. The van der Waals surface area contributed by atoms with E-state index in [2.05, 4.69) is 0 Å². The summed E-state index contributed by atoms with van der Waals surface area (Å²) in [6, 6.07) is 3.71. The highest BCUT2D eigenvalue weighted by molar-refractivity contribution is 8.00. The molecular formula is C12H14N2O2S. The fourth-order valence-corrected chi connectivity index (χ4v) is 4.00. The van der Waals surface area contributed by atoms with Crippen molar-refractivity contribution in [1.82, 2.24) is 9.47 Å². The van der Waals surface area contributed by atoms with Gasteiger partial charge in [0.25, 0.3) is 11.5 Å². The van der Waals surface area contributed by atoms with Gasteiger partial charge >= 0.3 is 0 Å². The van der Waals surface area contributed by atoms with E-state index < -0.39 is 0 Å². The van der Waals surface area contributed by atoms with E-state index in [-0.39, 0.29) is 11.5 Å². The van der Waals surface area contributed by atoms with Crippen molar-refractivity contribution < 1.29 is 4.79 Å². The average molecular weight is 250 g/mol. The first-order valence-electron chi connectivity index (χ1n) is 5.75. The summed E-state index contributed by atoms with van der Waals surface area (Å²) in [6.07, 6.45) is 2.76. The predicted molar refractivity (Wildman–Crippen MR) is 67.4 cm³/mol. The average Bonchev–Trinajstić information content (AvgIpc) is 2.94. The van der Waals surface area contributed by atoms with Crippen molar-refractivity contribution in [2.24, 2.45) is 7.05 Å². The second-order valence-corrected chi connectivity index (χ2v) is 5.97. The van der Waals surface area contributed by atoms with Crippen molar-refractivity contribution in [2.75, 3.05) is 12.3 Å². The zero-order valence-corrected chi connectivity index (χ0v) is 10.4. The van der Waals surface area contributed by atoms with E-state index in [1.54, 1.807) is 25.4 Å². The van der Waals surface area contributed by atoms with Crippen LogP contribution >= 0.6 is 11.8 Å². The summed E-state index contributed by atoms with van der Waals surface area (Å²) in [6.45, 7) is 0.798. The molecule has 3 rings (SSSR count). The van der Waals surface area contributed by atoms with Crippen molar-refractivity contribution in [3.05, 3.63) is 34.2 Å². The number of hydrogen-bond donors (Lipinski definition) is 0. The number of nitrogens with zero attached hydrogens (tertiary/aromatic N) is 2. The fourth-order valence-electron chi connectivity index (χ4n) is 2.56. The smallest absolute Gasteiger partial charge is 0.263 e. The molecule has 0 radical (unpaired) electrons. The molecule has 3 heterocycles. The molecule has 0 spiro atoms. The van der Waals surface area contributed by atoms with Crippen molar-refractivity contribution >= 4 is 17.7 Å². The van der Waals surface area contributed by atoms with E-state index in [1.165, 1.54) is 4.57 Å². The Morgan fingerprint density at radius 1 is 1.53 bits per heavy atom. The Balaban J connectivity index is 1.92. The van der Waals surface area contributed by atoms with Gasteiger partial charge in [-0.25, -0.2) is 0 Å². The van der Waals surface area contributed by atoms with E-state index >= 15 is 0 Å². The molecule has 0 aromatic carbocycles. The van der Waals surface area contributed by atoms with Crippen LogP contribution in [0.1, 0.15) is 16.8 Å². The summed E-state index contributed by atoms with van der Waals surface area (Å²) in [7, 11) is 1.67. The van der Waals surface area contributed by atoms with Crippen LogP contribution in [0.5, 0.6) is 0 Å². The number of pyridine rings is 1. The maximum Gasteiger partial charge on any atom is 0.263 e. The first-order valence-corrected chi connectivity index (χ1v) is 6.80. The highest BCUT2D eigenvalue weighted by atomic mass is 32.2. The lowest BCUT2D eigenvalue weighted by Crippen LogP contribution is -2.42. The molecule has 0 saturated carbocycles. The van der Waals surface area contributed by atoms with Gasteiger partial charge in [-0.1, -0.05) is 0 Å². The van der Waals surface area contributed by atoms with Crippen molar-refractivity contribution in [2.45, 2.75) is 17.7 Å². The van der Waals surface area contributed by atoms with Crippen molar-refractivity contribution in [3.63, 3.8) is 0 Å². The van der Waals surface area contributed by atoms with Gasteiger partial charge in [0.05, 0.1) is 0 Å². The maximum absolute atomic E-state index is 12.3. The van der Waals surface area contributed by atoms with E-state index in [9.17, 15) is 9.59 Å². The Morgan fingerprint density at radius 2 is 2.35 bits per heavy atom. The van der Waals surface area contributed by atoms with Gasteiger partial charge in [0.15, 0.2) is 0 Å². The van der Waals surface area contributed by atoms with Crippen LogP contribution in [-0.4, -0.2) is 39.0 Å². The monoisotopic (exact) mass is 250 g/mol. The summed E-state index contributed by atoms with van der Waals surface area (Å²) in [5.41, 5.74) is 0.0977. The van der Waals surface area contributed by atoms with Gasteiger partial charge in [0.1, 0.15) is 5.56 Å². The predicted octanol–water partition coefficient (Wildman–Crippen LogP) is 0.715. The van der Waals surface area contributed by atoms with E-state index in [1.807, 2.05) is 16.7 Å². The van der Waals surface area contributed by atoms with Crippen molar-refractivity contribution in [3.8, 4) is 0 Å². The van der Waals surface area contributed by atoms with Crippen LogP contribution in [0.4, 0.5) is 0 Å². The molecule has 1 amide bonds. The summed E-state index contributed by atoms with van der Waals surface area (Å²) >= 11 is 1.94. The van der Waals surface area contributed by atoms with Gasteiger partial charge in [-0.05, 0) is 18.6 Å². The molecular weight excluding hydrogens is 236 g/mol. The van der Waals surface area contributed by atoms with Crippen LogP contribution < -0.4 is 5.56 Å². The lowest BCUT2D eigenvalue weighted by Gasteiger charge is -2.26. The molecule has 2 aliphatic rings. The number of aromatic nitrogens is 1. The zero-order chi connectivity index (χ0) is 12.0. The Hall–Kier alpha value is -1.23. The first kappa shape index (κ1) is 10.9. The minimum atomic E-state index is -0.201. The summed E-state index contributed by atoms with van der Waals surface area (Å²) in [5, 5.41) is 0.580. The van der Waals surface area contributed by atoms with Gasteiger partial charge in [-0.15, -0.1) is 0 Å². The van der Waals surface area contributed by atoms with E-state index in [4.69, 9.17) is 0 Å². The van der Waals surface area contributed by atoms with Crippen LogP contribution in [0.3, 0.4) is 0 Å². The normalized spacial score (nSPS) is 26.5. The number of carbonyl (C=O) groups excluding carboxylic acids is 1. The van der Waals surface area contributed by atoms with Gasteiger partial charge in [0, 0.05) is 36.8 Å². The van der Waals surface area contributed by atoms with Crippen LogP contribution in [-0.2, 0) is 7.05 Å². The van der Waals surface area contributed by atoms with Gasteiger partial charge in [-0.2, -0.15) is 11.8 Å². The van der Waals surface area contributed by atoms with E-state index in [0.717, 1.165) is 18.7 Å². The molecule has 90 valence electrons. The number of hydrogen-bond acceptors (Lipinski definition) is 3. The van der Waals surface area contributed by atoms with Gasteiger partial charge in [0.2, 0.25) is 0 Å². The second-order valence-electron chi connectivity index (χ2n) is 4.64. The van der Waals surface area contributed by atoms with Crippen LogP contribution in [0.25, 0.3) is 0 Å². The van der Waals surface area contributed by atoms with Crippen LogP contribution in [0, 0.1) is 0 Å². The molecule has 1 aromatic heterocycles. The highest BCUT2D eigenvalue weighted by Gasteiger charge is 2.41. The van der Waals surface area contributed by atoms with Crippen LogP contribution in [0.2, 0.25) is 0 Å². The zero-order valence-electron chi connectivity index (χ0n) is 9.63.